The van der Waals surface area contributed by atoms with Crippen molar-refractivity contribution in [3.05, 3.63) is 29.4 Å². The lowest BCUT2D eigenvalue weighted by Gasteiger charge is -1.98. The smallest absolute Gasteiger partial charge is 0.339 e. The van der Waals surface area contributed by atoms with Crippen molar-refractivity contribution in [2.75, 3.05) is 0 Å². The molecule has 0 unspecified atom stereocenters. The van der Waals surface area contributed by atoms with Crippen molar-refractivity contribution in [3.8, 4) is 0 Å². The quantitative estimate of drug-likeness (QED) is 0.291. The maximum Gasteiger partial charge on any atom is 0.339 e. The molecule has 4 N–H and O–H groups in total. The van der Waals surface area contributed by atoms with E-state index in [0.717, 1.165) is 6.20 Å². The van der Waals surface area contributed by atoms with E-state index in [9.17, 15) is 4.79 Å². The number of pyridine rings is 1. The van der Waals surface area contributed by atoms with E-state index in [1.165, 1.54) is 12.3 Å². The number of nitrogens with two attached hydrogens (primary N) is 1. The molecule has 0 saturated carbocycles. The Balaban J connectivity index is 3.43. The van der Waals surface area contributed by atoms with Crippen LogP contribution < -0.4 is 11.2 Å². The zero-order valence-corrected chi connectivity index (χ0v) is 6.01. The molecule has 0 aliphatic rings. The predicted octanol–water partition coefficient (Wildman–Crippen LogP) is -0.802. The lowest BCUT2D eigenvalue weighted by atomic mass is 10.3. The Hall–Kier alpha value is -1.98. The number of carboxylic acids is 1. The van der Waals surface area contributed by atoms with Crippen molar-refractivity contribution < 1.29 is 15.1 Å². The molecule has 0 bridgehead atoms. The Morgan fingerprint density at radius 2 is 2.33 bits per heavy atom. The first-order chi connectivity index (χ1) is 5.65. The van der Waals surface area contributed by atoms with Crippen LogP contribution in [0, 0.1) is 0 Å². The molecule has 0 saturated heterocycles. The van der Waals surface area contributed by atoms with Gasteiger partial charge in [-0.2, -0.15) is 5.10 Å². The Labute approximate surface area is 67.1 Å². The predicted molar refractivity (Wildman–Crippen MR) is 38.3 cm³/mol. The van der Waals surface area contributed by atoms with E-state index in [0.29, 0.717) is 4.73 Å². The maximum absolute atomic E-state index is 10.5. The maximum atomic E-state index is 10.5. The largest absolute Gasteiger partial charge is 0.478 e. The van der Waals surface area contributed by atoms with Crippen LogP contribution in [0.2, 0.25) is 0 Å². The van der Waals surface area contributed by atoms with E-state index in [-0.39, 0.29) is 10.9 Å². The number of carbonyl (C=O) groups is 1. The molecule has 0 aliphatic heterocycles. The van der Waals surface area contributed by atoms with Crippen molar-refractivity contribution in [3.63, 3.8) is 0 Å². The molecule has 1 aromatic heterocycles. The molecule has 0 fully saturated rings. The van der Waals surface area contributed by atoms with Crippen LogP contribution in [0.3, 0.4) is 0 Å². The second-order valence-electron chi connectivity index (χ2n) is 2.06. The van der Waals surface area contributed by atoms with Gasteiger partial charge in [-0.3, -0.25) is 0 Å². The van der Waals surface area contributed by atoms with Gasteiger partial charge in [0, 0.05) is 6.20 Å². The lowest BCUT2D eigenvalue weighted by Crippen LogP contribution is -2.18. The van der Waals surface area contributed by atoms with E-state index in [2.05, 4.69) is 5.10 Å². The second-order valence-corrected chi connectivity index (χ2v) is 2.06. The van der Waals surface area contributed by atoms with Crippen LogP contribution in [-0.4, -0.2) is 21.0 Å². The number of nitrogens with zero attached hydrogens (tertiary/aromatic N) is 2. The van der Waals surface area contributed by atoms with Crippen LogP contribution in [0.5, 0.6) is 0 Å². The highest BCUT2D eigenvalue weighted by Crippen LogP contribution is 1.89. The summed E-state index contributed by atoms with van der Waals surface area (Å²) in [6, 6.07) is 1.30. The summed E-state index contributed by atoms with van der Waals surface area (Å²) in [6.07, 6.45) is 2.24. The molecule has 0 amide bonds. The van der Waals surface area contributed by atoms with E-state index in [1.807, 2.05) is 0 Å². The summed E-state index contributed by atoms with van der Waals surface area (Å²) in [5.41, 5.74) is -0.150. The molecule has 1 rings (SSSR count). The first-order valence-corrected chi connectivity index (χ1v) is 3.04. The minimum atomic E-state index is -1.19. The second kappa shape index (κ2) is 2.95. The van der Waals surface area contributed by atoms with Gasteiger partial charge < -0.3 is 16.2 Å². The Bertz CT molecular complexity index is 369. The molecule has 6 heteroatoms. The highest BCUT2D eigenvalue weighted by atomic mass is 16.5. The molecule has 64 valence electrons. The number of rotatable bonds is 1. The first kappa shape index (κ1) is 8.12. The molecule has 0 spiro atoms. The average molecular weight is 169 g/mol. The van der Waals surface area contributed by atoms with Gasteiger partial charge in [0.1, 0.15) is 10.9 Å². The lowest BCUT2D eigenvalue weighted by molar-refractivity contribution is 0.0689. The molecule has 0 aromatic carbocycles. The van der Waals surface area contributed by atoms with Gasteiger partial charge in [0.2, 0.25) is 0 Å². The number of aromatic carboxylic acids is 1. The number of aromatic nitrogens is 1. The highest BCUT2D eigenvalue weighted by Gasteiger charge is 2.05. The Morgan fingerprint density at radius 3 is 2.83 bits per heavy atom. The minimum absolute atomic E-state index is 0.118. The van der Waals surface area contributed by atoms with Gasteiger partial charge in [-0.25, -0.2) is 9.52 Å². The van der Waals surface area contributed by atoms with E-state index in [4.69, 9.17) is 16.2 Å². The summed E-state index contributed by atoms with van der Waals surface area (Å²) in [6.45, 7) is 0. The molecule has 0 aliphatic carbocycles. The number of hydrogen-bond acceptors (Lipinski definition) is 4. The van der Waals surface area contributed by atoms with Gasteiger partial charge in [-0.1, -0.05) is 0 Å². The fraction of sp³-hybridized carbons (Fsp3) is 0. The van der Waals surface area contributed by atoms with Gasteiger partial charge in [0.15, 0.2) is 0 Å². The minimum Gasteiger partial charge on any atom is -0.478 e. The van der Waals surface area contributed by atoms with Gasteiger partial charge >= 0.3 is 5.97 Å². The zero-order valence-electron chi connectivity index (χ0n) is 6.01. The van der Waals surface area contributed by atoms with Crippen LogP contribution in [0.4, 0.5) is 0 Å². The van der Waals surface area contributed by atoms with E-state index < -0.39 is 5.97 Å². The molecule has 12 heavy (non-hydrogen) atoms. The third-order valence-electron chi connectivity index (χ3n) is 1.29. The topological polar surface area (TPSA) is 101 Å². The first-order valence-electron chi connectivity index (χ1n) is 3.04. The van der Waals surface area contributed by atoms with Crippen LogP contribution in [-0.2, 0) is 0 Å². The highest BCUT2D eigenvalue weighted by molar-refractivity contribution is 5.86. The van der Waals surface area contributed by atoms with Crippen LogP contribution >= 0.6 is 0 Å². The fourth-order valence-electron chi connectivity index (χ4n) is 0.756. The summed E-state index contributed by atoms with van der Waals surface area (Å²) in [7, 11) is 0. The van der Waals surface area contributed by atoms with Crippen LogP contribution in [0.1, 0.15) is 10.4 Å². The molecule has 0 radical (unpaired) electrons. The van der Waals surface area contributed by atoms with Gasteiger partial charge in [0.05, 0.1) is 6.20 Å². The average Bonchev–Trinajstić information content (AvgIpc) is 2.04. The Kier molecular flexibility index (Phi) is 2.00. The van der Waals surface area contributed by atoms with Crippen molar-refractivity contribution in [2.24, 2.45) is 10.9 Å². The number of hydrogen-bond donors (Lipinski definition) is 3. The standard InChI is InChI=1S/C6H7N3O3/c7-8-5-1-2-9(12)3-4(5)6(10)11/h1-3,12H,7H2,(H,10,11)/b8-5-. The third-order valence-corrected chi connectivity index (χ3v) is 1.29. The zero-order chi connectivity index (χ0) is 9.14. The molecule has 1 aromatic rings. The van der Waals surface area contributed by atoms with Gasteiger partial charge in [0.25, 0.3) is 0 Å². The monoisotopic (exact) mass is 169 g/mol. The SMILES string of the molecule is N/N=c1/ccn(O)cc1C(=O)O. The van der Waals surface area contributed by atoms with Crippen molar-refractivity contribution in [1.82, 2.24) is 4.73 Å². The van der Waals surface area contributed by atoms with Crippen molar-refractivity contribution in [2.45, 2.75) is 0 Å². The third kappa shape index (κ3) is 1.36. The van der Waals surface area contributed by atoms with Crippen LogP contribution in [0.15, 0.2) is 23.6 Å². The van der Waals surface area contributed by atoms with Crippen LogP contribution in [0.25, 0.3) is 0 Å². The molecule has 1 heterocycles. The molecular formula is C6H7N3O3. The van der Waals surface area contributed by atoms with Crippen molar-refractivity contribution >= 4 is 5.97 Å². The van der Waals surface area contributed by atoms with E-state index in [1.54, 1.807) is 0 Å². The van der Waals surface area contributed by atoms with E-state index >= 15 is 0 Å². The molecular weight excluding hydrogens is 162 g/mol. The van der Waals surface area contributed by atoms with Gasteiger partial charge in [-0.05, 0) is 6.07 Å². The summed E-state index contributed by atoms with van der Waals surface area (Å²) in [5, 5.41) is 20.8. The number of carboxylic acid groups (broad SMARTS) is 1. The fourth-order valence-corrected chi connectivity index (χ4v) is 0.756. The summed E-state index contributed by atoms with van der Waals surface area (Å²) in [5.74, 6) is 3.72. The van der Waals surface area contributed by atoms with Crippen molar-refractivity contribution in [1.29, 1.82) is 0 Å². The molecule has 6 nitrogen and oxygen atoms in total. The normalized spacial score (nSPS) is 11.5. The molecule has 0 atom stereocenters. The Morgan fingerprint density at radius 1 is 1.67 bits per heavy atom. The van der Waals surface area contributed by atoms with Gasteiger partial charge in [-0.15, -0.1) is 0 Å². The summed E-state index contributed by atoms with van der Waals surface area (Å²) >= 11 is 0. The summed E-state index contributed by atoms with van der Waals surface area (Å²) < 4.78 is 0.623. The summed E-state index contributed by atoms with van der Waals surface area (Å²) in [4.78, 5) is 10.5.